The van der Waals surface area contributed by atoms with Crippen LogP contribution in [0.1, 0.15) is 6.92 Å². The number of carboxylic acids is 1. The Morgan fingerprint density at radius 2 is 1.27 bits per heavy atom. The lowest BCUT2D eigenvalue weighted by atomic mass is 10.4. The minimum Gasteiger partial charge on any atom is -0.478 e. The highest BCUT2D eigenvalue weighted by Gasteiger charge is 1.90. The van der Waals surface area contributed by atoms with Gasteiger partial charge in [-0.25, -0.2) is 4.79 Å². The van der Waals surface area contributed by atoms with E-state index in [0.29, 0.717) is 0 Å². The van der Waals surface area contributed by atoms with Gasteiger partial charge in [-0.2, -0.15) is 8.42 Å². The van der Waals surface area contributed by atoms with Crippen molar-refractivity contribution in [2.24, 2.45) is 0 Å². The Balaban J connectivity index is -0.000000147. The van der Waals surface area contributed by atoms with Gasteiger partial charge in [0.25, 0.3) is 0 Å². The maximum atomic E-state index is 9.60. The van der Waals surface area contributed by atoms with Crippen LogP contribution in [0.15, 0.2) is 12.2 Å². The van der Waals surface area contributed by atoms with Gasteiger partial charge >= 0.3 is 16.4 Å². The Morgan fingerprint density at radius 1 is 1.20 bits per heavy atom. The predicted octanol–water partition coefficient (Wildman–Crippen LogP) is 0.172. The number of aliphatic carboxylic acids is 1. The fourth-order valence-electron chi connectivity index (χ4n) is 0. The van der Waals surface area contributed by atoms with Gasteiger partial charge in [0.15, 0.2) is 0 Å². The van der Waals surface area contributed by atoms with Crippen molar-refractivity contribution in [3.8, 4) is 0 Å². The molecule has 7 nitrogen and oxygen atoms in total. The molecular formula is C7H17NO6S. The molecule has 0 aromatic heterocycles. The molecule has 0 fully saturated rings. The van der Waals surface area contributed by atoms with Crippen LogP contribution < -0.4 is 0 Å². The minimum atomic E-state index is -4.67. The molecule has 92 valence electrons. The third-order valence-corrected chi connectivity index (χ3v) is 0.365. The second-order valence-corrected chi connectivity index (χ2v) is 3.77. The van der Waals surface area contributed by atoms with E-state index in [2.05, 4.69) is 6.58 Å². The topological polar surface area (TPSA) is 115 Å². The summed E-state index contributed by atoms with van der Waals surface area (Å²) in [6, 6.07) is 0. The minimum absolute atomic E-state index is 0.176. The summed E-state index contributed by atoms with van der Waals surface area (Å²) in [6.45, 7) is 4.60. The molecule has 3 N–H and O–H groups in total. The molecule has 0 aromatic carbocycles. The first-order valence-electron chi connectivity index (χ1n) is 3.57. The largest absolute Gasteiger partial charge is 0.478 e. The molecule has 15 heavy (non-hydrogen) atoms. The van der Waals surface area contributed by atoms with Gasteiger partial charge in [-0.3, -0.25) is 9.11 Å². The SMILES string of the molecule is C=C(C)C(=O)O.CN(C)C.O=S(=O)(O)O. The third kappa shape index (κ3) is 172. The second kappa shape index (κ2) is 9.59. The van der Waals surface area contributed by atoms with E-state index in [1.54, 1.807) is 0 Å². The highest BCUT2D eigenvalue weighted by Crippen LogP contribution is 1.81. The number of nitrogens with zero attached hydrogens (tertiary/aromatic N) is 1. The van der Waals surface area contributed by atoms with Crippen molar-refractivity contribution in [1.82, 2.24) is 4.90 Å². The molecular weight excluding hydrogens is 226 g/mol. The van der Waals surface area contributed by atoms with Gasteiger partial charge in [-0.05, 0) is 28.1 Å². The molecule has 0 saturated heterocycles. The Morgan fingerprint density at radius 3 is 1.27 bits per heavy atom. The van der Waals surface area contributed by atoms with E-state index in [9.17, 15) is 4.79 Å². The van der Waals surface area contributed by atoms with Gasteiger partial charge in [0, 0.05) is 5.57 Å². The summed E-state index contributed by atoms with van der Waals surface area (Å²) < 4.78 is 31.6. The molecule has 0 aliphatic carbocycles. The third-order valence-electron chi connectivity index (χ3n) is 0.365. The smallest absolute Gasteiger partial charge is 0.394 e. The van der Waals surface area contributed by atoms with Crippen molar-refractivity contribution < 1.29 is 27.4 Å². The van der Waals surface area contributed by atoms with Crippen LogP contribution in [-0.2, 0) is 15.2 Å². The molecule has 0 heterocycles. The van der Waals surface area contributed by atoms with Crippen molar-refractivity contribution >= 4 is 16.4 Å². The van der Waals surface area contributed by atoms with Gasteiger partial charge in [-0.15, -0.1) is 0 Å². The van der Waals surface area contributed by atoms with E-state index >= 15 is 0 Å². The van der Waals surface area contributed by atoms with E-state index in [-0.39, 0.29) is 5.57 Å². The lowest BCUT2D eigenvalue weighted by Gasteiger charge is -1.90. The standard InChI is InChI=1S/C4H6O2.C3H9N.H2O4S/c1-3(2)4(5)6;1-4(2)3;1-5(2,3)4/h1H2,2H3,(H,5,6);1-3H3;(H2,1,2,3,4). The van der Waals surface area contributed by atoms with Crippen molar-refractivity contribution in [2.75, 3.05) is 21.1 Å². The first-order chi connectivity index (χ1) is 6.37. The lowest BCUT2D eigenvalue weighted by molar-refractivity contribution is -0.132. The maximum absolute atomic E-state index is 9.60. The monoisotopic (exact) mass is 243 g/mol. The quantitative estimate of drug-likeness (QED) is 0.444. The summed E-state index contributed by atoms with van der Waals surface area (Å²) in [5.41, 5.74) is 0.176. The predicted molar refractivity (Wildman–Crippen MR) is 56.2 cm³/mol. The first kappa shape index (κ1) is 19.6. The molecule has 0 saturated carbocycles. The van der Waals surface area contributed by atoms with Crippen molar-refractivity contribution in [2.45, 2.75) is 6.92 Å². The van der Waals surface area contributed by atoms with E-state index in [0.717, 1.165) is 0 Å². The van der Waals surface area contributed by atoms with Crippen LogP contribution in [0.3, 0.4) is 0 Å². The second-order valence-electron chi connectivity index (χ2n) is 2.87. The Hall–Kier alpha value is -0.960. The van der Waals surface area contributed by atoms with Crippen LogP contribution in [0.2, 0.25) is 0 Å². The average Bonchev–Trinajstić information content (AvgIpc) is 1.80. The summed E-state index contributed by atoms with van der Waals surface area (Å²) in [4.78, 5) is 11.6. The molecule has 0 aliphatic rings. The summed E-state index contributed by atoms with van der Waals surface area (Å²) in [5, 5.41) is 7.89. The fourth-order valence-corrected chi connectivity index (χ4v) is 0. The highest BCUT2D eigenvalue weighted by atomic mass is 32.3. The normalized spacial score (nSPS) is 9.27. The number of hydrogen-bond donors (Lipinski definition) is 3. The van der Waals surface area contributed by atoms with E-state index in [4.69, 9.17) is 22.6 Å². The zero-order chi connectivity index (χ0) is 13.2. The maximum Gasteiger partial charge on any atom is 0.394 e. The van der Waals surface area contributed by atoms with Crippen molar-refractivity contribution in [1.29, 1.82) is 0 Å². The molecule has 0 atom stereocenters. The van der Waals surface area contributed by atoms with Gasteiger partial charge in [0.1, 0.15) is 0 Å². The number of carboxylic acid groups (broad SMARTS) is 1. The van der Waals surface area contributed by atoms with E-state index in [1.165, 1.54) is 6.92 Å². The summed E-state index contributed by atoms with van der Waals surface area (Å²) in [6.07, 6.45) is 0. The van der Waals surface area contributed by atoms with Crippen molar-refractivity contribution in [3.63, 3.8) is 0 Å². The van der Waals surface area contributed by atoms with Crippen LogP contribution in [0.5, 0.6) is 0 Å². The Bertz CT molecular complexity index is 259. The molecule has 0 bridgehead atoms. The van der Waals surface area contributed by atoms with Crippen LogP contribution >= 0.6 is 0 Å². The van der Waals surface area contributed by atoms with Gasteiger partial charge < -0.3 is 10.0 Å². The first-order valence-corrected chi connectivity index (χ1v) is 4.97. The van der Waals surface area contributed by atoms with Gasteiger partial charge in [-0.1, -0.05) is 6.58 Å². The van der Waals surface area contributed by atoms with Crippen LogP contribution in [0, 0.1) is 0 Å². The summed E-state index contributed by atoms with van der Waals surface area (Å²) >= 11 is 0. The zero-order valence-corrected chi connectivity index (χ0v) is 9.95. The van der Waals surface area contributed by atoms with Gasteiger partial charge in [0.2, 0.25) is 0 Å². The molecule has 0 amide bonds. The number of carbonyl (C=O) groups is 1. The molecule has 8 heteroatoms. The fraction of sp³-hybridized carbons (Fsp3) is 0.571. The number of rotatable bonds is 1. The van der Waals surface area contributed by atoms with Crippen molar-refractivity contribution in [3.05, 3.63) is 12.2 Å². The van der Waals surface area contributed by atoms with Gasteiger partial charge in [0.05, 0.1) is 0 Å². The van der Waals surface area contributed by atoms with E-state index < -0.39 is 16.4 Å². The van der Waals surface area contributed by atoms with Crippen LogP contribution in [0.4, 0.5) is 0 Å². The average molecular weight is 243 g/mol. The number of hydrogen-bond acceptors (Lipinski definition) is 4. The summed E-state index contributed by atoms with van der Waals surface area (Å²) in [7, 11) is 1.33. The van der Waals surface area contributed by atoms with E-state index in [1.807, 2.05) is 26.0 Å². The molecule has 0 spiro atoms. The molecule has 0 aliphatic heterocycles. The highest BCUT2D eigenvalue weighted by molar-refractivity contribution is 7.79. The molecule has 0 unspecified atom stereocenters. The van der Waals surface area contributed by atoms with Crippen LogP contribution in [-0.4, -0.2) is 54.6 Å². The molecule has 0 radical (unpaired) electrons. The zero-order valence-electron chi connectivity index (χ0n) is 9.13. The lowest BCUT2D eigenvalue weighted by Crippen LogP contribution is -1.99. The Labute approximate surface area is 89.6 Å². The summed E-state index contributed by atoms with van der Waals surface area (Å²) in [5.74, 6) is -0.935. The molecule has 0 rings (SSSR count). The van der Waals surface area contributed by atoms with Crippen LogP contribution in [0.25, 0.3) is 0 Å². The molecule has 0 aromatic rings. The Kier molecular flexibility index (Phi) is 12.5.